The first-order chi connectivity index (χ1) is 20.7. The first kappa shape index (κ1) is 36.0. The number of hydrogen-bond donors (Lipinski definition) is 3. The van der Waals surface area contributed by atoms with Crippen LogP contribution in [0.3, 0.4) is 0 Å². The highest BCUT2D eigenvalue weighted by molar-refractivity contribution is 5.83. The van der Waals surface area contributed by atoms with Crippen molar-refractivity contribution in [2.45, 2.75) is 108 Å². The number of carbonyl (C=O) groups excluding carboxylic acids is 2. The number of aliphatic hydroxyl groups is 2. The van der Waals surface area contributed by atoms with E-state index >= 15 is 0 Å². The van der Waals surface area contributed by atoms with E-state index in [9.17, 15) is 28.3 Å². The number of Topliss-reactive ketones (excluding diaryl/α,β-unsaturated/α-hetero) is 1. The summed E-state index contributed by atoms with van der Waals surface area (Å²) in [7, 11) is 0. The summed E-state index contributed by atoms with van der Waals surface area (Å²) < 4.78 is 38.9. The molecule has 1 aliphatic heterocycles. The summed E-state index contributed by atoms with van der Waals surface area (Å²) in [4.78, 5) is 39.8. The van der Waals surface area contributed by atoms with Crippen LogP contribution >= 0.6 is 0 Å². The Morgan fingerprint density at radius 3 is 2.37 bits per heavy atom. The van der Waals surface area contributed by atoms with Crippen LogP contribution in [0.15, 0.2) is 53.5 Å². The van der Waals surface area contributed by atoms with Crippen molar-refractivity contribution in [3.05, 3.63) is 59.2 Å². The summed E-state index contributed by atoms with van der Waals surface area (Å²) in [5.74, 6) is -3.97. The standard InChI is InChI=1S/C31H45F2N3O7/c1-2-3-4-5-6-7-8-9-10-11-12-13-14-15-16-18-24(38)19-17-22-42-30(41)35-26-20-21-36(29(40)34-26)28-31(32,33)27(39)25(23-37)43-28/h3-4,6-7,9-10,20-21,25,27-28,37,39H,2,5,8,11-19,22-23H2,1H3,(H,34,35,40,41)/b4-3-,7-6-,10-9-/t25-,27?,28-/m1/s1. The lowest BCUT2D eigenvalue weighted by molar-refractivity contribution is -0.140. The summed E-state index contributed by atoms with van der Waals surface area (Å²) in [6, 6.07) is 1.09. The molecule has 2 rings (SSSR count). The number of nitrogens with zero attached hydrogens (tertiary/aromatic N) is 2. The number of nitrogens with one attached hydrogen (secondary N) is 1. The second-order valence-electron chi connectivity index (χ2n) is 10.3. The van der Waals surface area contributed by atoms with Crippen molar-refractivity contribution in [3.8, 4) is 0 Å². The Kier molecular flexibility index (Phi) is 16.6. The van der Waals surface area contributed by atoms with Gasteiger partial charge in [-0.25, -0.2) is 9.59 Å². The maximum absolute atomic E-state index is 14.3. The molecule has 1 aromatic heterocycles. The average Bonchev–Trinajstić information content (AvgIpc) is 3.20. The third-order valence-electron chi connectivity index (χ3n) is 6.81. The highest BCUT2D eigenvalue weighted by Gasteiger charge is 2.59. The molecule has 1 saturated heterocycles. The number of aliphatic hydroxyl groups excluding tert-OH is 2. The molecular formula is C31H45F2N3O7. The number of unbranched alkanes of at least 4 members (excludes halogenated alkanes) is 5. The molecule has 3 N–H and O–H groups in total. The van der Waals surface area contributed by atoms with Crippen LogP contribution in [-0.2, 0) is 14.3 Å². The van der Waals surface area contributed by atoms with Gasteiger partial charge in [0.1, 0.15) is 17.7 Å². The monoisotopic (exact) mass is 609 g/mol. The molecule has 240 valence electrons. The number of ketones is 1. The van der Waals surface area contributed by atoms with Crippen LogP contribution in [0.2, 0.25) is 0 Å². The molecule has 1 aromatic rings. The zero-order valence-electron chi connectivity index (χ0n) is 24.8. The summed E-state index contributed by atoms with van der Waals surface area (Å²) in [6.07, 6.45) is 17.5. The number of amides is 1. The molecule has 1 amide bonds. The topological polar surface area (TPSA) is 140 Å². The van der Waals surface area contributed by atoms with E-state index in [1.807, 2.05) is 0 Å². The van der Waals surface area contributed by atoms with Crippen LogP contribution in [0, 0.1) is 0 Å². The van der Waals surface area contributed by atoms with Gasteiger partial charge in [-0.05, 0) is 51.0 Å². The van der Waals surface area contributed by atoms with Crippen molar-refractivity contribution in [1.29, 1.82) is 0 Å². The van der Waals surface area contributed by atoms with Gasteiger partial charge >= 0.3 is 17.7 Å². The maximum atomic E-state index is 14.3. The fraction of sp³-hybridized carbons (Fsp3) is 0.613. The van der Waals surface area contributed by atoms with E-state index in [1.165, 1.54) is 0 Å². The largest absolute Gasteiger partial charge is 0.449 e. The molecule has 0 aliphatic carbocycles. The van der Waals surface area contributed by atoms with E-state index in [1.54, 1.807) is 0 Å². The molecule has 0 spiro atoms. The van der Waals surface area contributed by atoms with Crippen LogP contribution < -0.4 is 11.0 Å². The van der Waals surface area contributed by atoms with Crippen molar-refractivity contribution in [1.82, 2.24) is 9.55 Å². The summed E-state index contributed by atoms with van der Waals surface area (Å²) >= 11 is 0. The lowest BCUT2D eigenvalue weighted by Crippen LogP contribution is -2.41. The minimum absolute atomic E-state index is 0.0174. The third kappa shape index (κ3) is 12.9. The Morgan fingerprint density at radius 2 is 1.70 bits per heavy atom. The van der Waals surface area contributed by atoms with Crippen molar-refractivity contribution in [2.24, 2.45) is 0 Å². The molecule has 0 saturated carbocycles. The second-order valence-corrected chi connectivity index (χ2v) is 10.3. The number of ether oxygens (including phenoxy) is 2. The fourth-order valence-electron chi connectivity index (χ4n) is 4.42. The van der Waals surface area contributed by atoms with Gasteiger partial charge in [-0.15, -0.1) is 0 Å². The van der Waals surface area contributed by atoms with Gasteiger partial charge in [-0.2, -0.15) is 13.8 Å². The number of rotatable bonds is 20. The van der Waals surface area contributed by atoms with Gasteiger partial charge in [0.05, 0.1) is 13.2 Å². The number of hydrogen-bond acceptors (Lipinski definition) is 8. The lowest BCUT2D eigenvalue weighted by atomic mass is 10.1. The van der Waals surface area contributed by atoms with Crippen molar-refractivity contribution in [3.63, 3.8) is 0 Å². The predicted molar refractivity (Wildman–Crippen MR) is 159 cm³/mol. The van der Waals surface area contributed by atoms with Gasteiger partial charge in [-0.1, -0.05) is 62.6 Å². The molecule has 0 bridgehead atoms. The number of carbonyl (C=O) groups is 2. The molecular weight excluding hydrogens is 564 g/mol. The number of allylic oxidation sites excluding steroid dienone is 6. The Balaban J connectivity index is 1.53. The van der Waals surface area contributed by atoms with E-state index in [4.69, 9.17) is 14.6 Å². The molecule has 1 unspecified atom stereocenters. The summed E-state index contributed by atoms with van der Waals surface area (Å²) in [6.45, 7) is 1.25. The van der Waals surface area contributed by atoms with Crippen LogP contribution in [0.5, 0.6) is 0 Å². The van der Waals surface area contributed by atoms with Crippen LogP contribution in [0.4, 0.5) is 19.4 Å². The van der Waals surface area contributed by atoms with Crippen LogP contribution in [-0.4, -0.2) is 63.0 Å². The molecule has 43 heavy (non-hydrogen) atoms. The smallest absolute Gasteiger partial charge is 0.412 e. The molecule has 0 radical (unpaired) electrons. The second kappa shape index (κ2) is 19.9. The van der Waals surface area contributed by atoms with Gasteiger partial charge in [0.2, 0.25) is 6.23 Å². The Bertz CT molecular complexity index is 1140. The average molecular weight is 610 g/mol. The quantitative estimate of drug-likeness (QED) is 0.128. The molecule has 2 heterocycles. The molecule has 3 atom stereocenters. The minimum Gasteiger partial charge on any atom is -0.449 e. The first-order valence-corrected chi connectivity index (χ1v) is 15.0. The van der Waals surface area contributed by atoms with Gasteiger partial charge in [-0.3, -0.25) is 14.7 Å². The number of anilines is 1. The normalized spacial score (nSPS) is 20.0. The van der Waals surface area contributed by atoms with Crippen LogP contribution in [0.1, 0.15) is 90.2 Å². The zero-order chi connectivity index (χ0) is 31.5. The van der Waals surface area contributed by atoms with E-state index in [0.717, 1.165) is 70.1 Å². The Morgan fingerprint density at radius 1 is 1.05 bits per heavy atom. The molecule has 12 heteroatoms. The van der Waals surface area contributed by atoms with Gasteiger partial charge in [0.15, 0.2) is 6.10 Å². The number of aromatic nitrogens is 2. The van der Waals surface area contributed by atoms with E-state index < -0.39 is 42.7 Å². The van der Waals surface area contributed by atoms with E-state index in [2.05, 4.69) is 53.7 Å². The first-order valence-electron chi connectivity index (χ1n) is 15.0. The van der Waals surface area contributed by atoms with E-state index in [0.29, 0.717) is 17.4 Å². The van der Waals surface area contributed by atoms with Crippen molar-refractivity contribution < 1.29 is 38.1 Å². The van der Waals surface area contributed by atoms with E-state index in [-0.39, 0.29) is 24.6 Å². The highest BCUT2D eigenvalue weighted by Crippen LogP contribution is 2.41. The van der Waals surface area contributed by atoms with Crippen molar-refractivity contribution >= 4 is 17.7 Å². The molecule has 0 aromatic carbocycles. The zero-order valence-corrected chi connectivity index (χ0v) is 24.8. The highest BCUT2D eigenvalue weighted by atomic mass is 19.3. The lowest BCUT2D eigenvalue weighted by Gasteiger charge is -2.21. The summed E-state index contributed by atoms with van der Waals surface area (Å²) in [5.41, 5.74) is -1.16. The maximum Gasteiger partial charge on any atom is 0.412 e. The SMILES string of the molecule is CC/C=C\C/C=C\C/C=C\CCCCCCCC(=O)CCCOC(=O)Nc1ccn([C@@H]2O[C@H](CO)C(O)C2(F)F)c(=O)n1. The fourth-order valence-corrected chi connectivity index (χ4v) is 4.42. The predicted octanol–water partition coefficient (Wildman–Crippen LogP) is 5.62. The number of alkyl halides is 2. The third-order valence-corrected chi connectivity index (χ3v) is 6.81. The summed E-state index contributed by atoms with van der Waals surface area (Å²) in [5, 5.41) is 20.9. The Hall–Kier alpha value is -3.22. The van der Waals surface area contributed by atoms with Crippen LogP contribution in [0.25, 0.3) is 0 Å². The van der Waals surface area contributed by atoms with Crippen molar-refractivity contribution in [2.75, 3.05) is 18.5 Å². The molecule has 10 nitrogen and oxygen atoms in total. The minimum atomic E-state index is -3.84. The van der Waals surface area contributed by atoms with Gasteiger partial charge in [0, 0.05) is 19.0 Å². The molecule has 1 aliphatic rings. The Labute approximate surface area is 251 Å². The van der Waals surface area contributed by atoms with Gasteiger partial charge in [0.25, 0.3) is 0 Å². The number of halogens is 2. The molecule has 1 fully saturated rings. The van der Waals surface area contributed by atoms with Gasteiger partial charge < -0.3 is 19.7 Å².